The number of para-hydroxylation sites is 1. The fraction of sp³-hybridized carbons (Fsp3) is 0.500. The van der Waals surface area contributed by atoms with Gasteiger partial charge in [-0.2, -0.15) is 0 Å². The fourth-order valence-electron chi connectivity index (χ4n) is 3.45. The molecular formula is C20H30IN5O2. The van der Waals surface area contributed by atoms with Gasteiger partial charge < -0.3 is 25.3 Å². The molecule has 0 bridgehead atoms. The maximum atomic E-state index is 11.7. The second-order valence-electron chi connectivity index (χ2n) is 6.79. The van der Waals surface area contributed by atoms with Crippen LogP contribution in [0.2, 0.25) is 0 Å². The molecule has 8 heteroatoms. The van der Waals surface area contributed by atoms with E-state index in [1.807, 2.05) is 6.92 Å². The molecule has 0 aliphatic carbocycles. The van der Waals surface area contributed by atoms with E-state index in [4.69, 9.17) is 10.5 Å². The number of carbonyl (C=O) groups is 1. The number of piperidine rings is 1. The first-order chi connectivity index (χ1) is 13.2. The van der Waals surface area contributed by atoms with Gasteiger partial charge in [0.05, 0.1) is 6.61 Å². The third kappa shape index (κ3) is 6.02. The van der Waals surface area contributed by atoms with Gasteiger partial charge in [-0.05, 0) is 43.7 Å². The molecule has 0 saturated carbocycles. The molecule has 1 amide bonds. The third-order valence-electron chi connectivity index (χ3n) is 4.89. The number of rotatable bonds is 6. The van der Waals surface area contributed by atoms with Crippen molar-refractivity contribution in [2.45, 2.75) is 38.8 Å². The van der Waals surface area contributed by atoms with Crippen molar-refractivity contribution in [3.63, 3.8) is 0 Å². The standard InChI is InChI=1S/C20H29N5O2.HI/c1-2-27-20(26)25-14-9-17(10-15-25)23-19(21)22-11-5-12-24-13-8-16-6-3-4-7-18(16)24;/h3-4,6-8,13,17H,2,5,9-12,14-15H2,1H3,(H3,21,22,23);1H. The Labute approximate surface area is 183 Å². The Bertz CT molecular complexity index is 784. The van der Waals surface area contributed by atoms with E-state index >= 15 is 0 Å². The Kier molecular flexibility index (Phi) is 8.88. The second-order valence-corrected chi connectivity index (χ2v) is 6.79. The molecule has 0 spiro atoms. The highest BCUT2D eigenvalue weighted by Gasteiger charge is 2.23. The summed E-state index contributed by atoms with van der Waals surface area (Å²) in [6.45, 7) is 5.21. The van der Waals surface area contributed by atoms with E-state index in [0.717, 1.165) is 25.8 Å². The van der Waals surface area contributed by atoms with E-state index in [2.05, 4.69) is 51.4 Å². The van der Waals surface area contributed by atoms with Crippen molar-refractivity contribution in [2.24, 2.45) is 10.7 Å². The monoisotopic (exact) mass is 499 g/mol. The Morgan fingerprint density at radius 2 is 2.04 bits per heavy atom. The molecule has 1 aromatic heterocycles. The summed E-state index contributed by atoms with van der Waals surface area (Å²) in [4.78, 5) is 17.9. The number of benzene rings is 1. The molecule has 1 aromatic carbocycles. The molecule has 0 atom stereocenters. The Balaban J connectivity index is 0.00000280. The van der Waals surface area contributed by atoms with Gasteiger partial charge in [-0.3, -0.25) is 4.99 Å². The van der Waals surface area contributed by atoms with Crippen LogP contribution in [0.1, 0.15) is 26.2 Å². The van der Waals surface area contributed by atoms with E-state index in [1.165, 1.54) is 10.9 Å². The van der Waals surface area contributed by atoms with Gasteiger partial charge in [-0.15, -0.1) is 24.0 Å². The molecule has 3 N–H and O–H groups in total. The molecular weight excluding hydrogens is 469 g/mol. The predicted molar refractivity (Wildman–Crippen MR) is 123 cm³/mol. The zero-order valence-electron chi connectivity index (χ0n) is 16.3. The van der Waals surface area contributed by atoms with Crippen LogP contribution < -0.4 is 11.1 Å². The molecule has 2 aromatic rings. The van der Waals surface area contributed by atoms with Gasteiger partial charge in [0.15, 0.2) is 5.96 Å². The summed E-state index contributed by atoms with van der Waals surface area (Å²) in [5.74, 6) is 0.488. The van der Waals surface area contributed by atoms with E-state index in [0.29, 0.717) is 32.2 Å². The van der Waals surface area contributed by atoms with Crippen LogP contribution >= 0.6 is 24.0 Å². The number of nitrogens with two attached hydrogens (primary N) is 1. The molecule has 7 nitrogen and oxygen atoms in total. The number of hydrogen-bond acceptors (Lipinski definition) is 3. The number of amides is 1. The average molecular weight is 499 g/mol. The number of halogens is 1. The largest absolute Gasteiger partial charge is 0.450 e. The number of aromatic nitrogens is 1. The number of likely N-dealkylation sites (tertiary alicyclic amines) is 1. The third-order valence-corrected chi connectivity index (χ3v) is 4.89. The SMILES string of the molecule is CCOC(=O)N1CCC(NC(N)=NCCCn2ccc3ccccc32)CC1.I. The van der Waals surface area contributed by atoms with Crippen molar-refractivity contribution in [2.75, 3.05) is 26.2 Å². The lowest BCUT2D eigenvalue weighted by Gasteiger charge is -2.31. The maximum absolute atomic E-state index is 11.7. The lowest BCUT2D eigenvalue weighted by atomic mass is 10.1. The number of carbonyl (C=O) groups excluding carboxylic acids is 1. The predicted octanol–water partition coefficient (Wildman–Crippen LogP) is 3.17. The number of ether oxygens (including phenoxy) is 1. The average Bonchev–Trinajstić information content (AvgIpc) is 3.09. The van der Waals surface area contributed by atoms with Gasteiger partial charge in [0.25, 0.3) is 0 Å². The number of hydrogen-bond donors (Lipinski definition) is 2. The summed E-state index contributed by atoms with van der Waals surface area (Å²) in [6.07, 6.45) is 4.53. The Morgan fingerprint density at radius 3 is 2.79 bits per heavy atom. The van der Waals surface area contributed by atoms with Crippen LogP contribution in [-0.4, -0.2) is 53.8 Å². The van der Waals surface area contributed by atoms with Crippen molar-refractivity contribution >= 4 is 46.9 Å². The first-order valence-corrected chi connectivity index (χ1v) is 9.69. The summed E-state index contributed by atoms with van der Waals surface area (Å²) in [5, 5.41) is 4.54. The van der Waals surface area contributed by atoms with Crippen molar-refractivity contribution in [1.29, 1.82) is 0 Å². The van der Waals surface area contributed by atoms with Gasteiger partial charge in [-0.1, -0.05) is 18.2 Å². The fourth-order valence-corrected chi connectivity index (χ4v) is 3.45. The van der Waals surface area contributed by atoms with Gasteiger partial charge in [0, 0.05) is 43.9 Å². The summed E-state index contributed by atoms with van der Waals surface area (Å²) in [7, 11) is 0. The van der Waals surface area contributed by atoms with E-state index < -0.39 is 0 Å². The quantitative estimate of drug-likeness (QED) is 0.277. The molecule has 1 saturated heterocycles. The minimum absolute atomic E-state index is 0. The number of nitrogens with one attached hydrogen (secondary N) is 1. The van der Waals surface area contributed by atoms with E-state index in [9.17, 15) is 4.79 Å². The first-order valence-electron chi connectivity index (χ1n) is 9.69. The second kappa shape index (κ2) is 11.1. The summed E-state index contributed by atoms with van der Waals surface area (Å²) >= 11 is 0. The normalized spacial score (nSPS) is 15.3. The summed E-state index contributed by atoms with van der Waals surface area (Å²) in [5.41, 5.74) is 7.27. The van der Waals surface area contributed by atoms with E-state index in [1.54, 1.807) is 4.90 Å². The highest BCUT2D eigenvalue weighted by Crippen LogP contribution is 2.15. The van der Waals surface area contributed by atoms with Crippen LogP contribution in [0.25, 0.3) is 10.9 Å². The minimum atomic E-state index is -0.227. The number of guanidine groups is 1. The van der Waals surface area contributed by atoms with Crippen LogP contribution in [0.15, 0.2) is 41.5 Å². The topological polar surface area (TPSA) is 84.9 Å². The number of nitrogens with zero attached hydrogens (tertiary/aromatic N) is 3. The summed E-state index contributed by atoms with van der Waals surface area (Å²) in [6, 6.07) is 10.8. The molecule has 1 fully saturated rings. The Morgan fingerprint density at radius 1 is 1.29 bits per heavy atom. The molecule has 154 valence electrons. The smallest absolute Gasteiger partial charge is 0.409 e. The lowest BCUT2D eigenvalue weighted by Crippen LogP contribution is -2.48. The number of aryl methyl sites for hydroxylation is 1. The maximum Gasteiger partial charge on any atom is 0.409 e. The van der Waals surface area contributed by atoms with Gasteiger partial charge >= 0.3 is 6.09 Å². The molecule has 28 heavy (non-hydrogen) atoms. The Hall–Kier alpha value is -1.97. The zero-order valence-corrected chi connectivity index (χ0v) is 18.7. The number of fused-ring (bicyclic) bond motifs is 1. The van der Waals surface area contributed by atoms with Gasteiger partial charge in [-0.25, -0.2) is 4.79 Å². The van der Waals surface area contributed by atoms with Crippen LogP contribution in [-0.2, 0) is 11.3 Å². The lowest BCUT2D eigenvalue weighted by molar-refractivity contribution is 0.0963. The van der Waals surface area contributed by atoms with Crippen molar-refractivity contribution in [3.8, 4) is 0 Å². The zero-order chi connectivity index (χ0) is 19.1. The van der Waals surface area contributed by atoms with Crippen LogP contribution in [0.4, 0.5) is 4.79 Å². The van der Waals surface area contributed by atoms with Crippen LogP contribution in [0, 0.1) is 0 Å². The molecule has 1 aliphatic heterocycles. The van der Waals surface area contributed by atoms with Crippen LogP contribution in [0.5, 0.6) is 0 Å². The summed E-state index contributed by atoms with van der Waals surface area (Å²) < 4.78 is 7.29. The van der Waals surface area contributed by atoms with Crippen molar-refractivity contribution in [3.05, 3.63) is 36.5 Å². The molecule has 3 rings (SSSR count). The highest BCUT2D eigenvalue weighted by molar-refractivity contribution is 14.0. The van der Waals surface area contributed by atoms with Gasteiger partial charge in [0.2, 0.25) is 0 Å². The molecule has 2 heterocycles. The van der Waals surface area contributed by atoms with Crippen molar-refractivity contribution < 1.29 is 9.53 Å². The van der Waals surface area contributed by atoms with Crippen molar-refractivity contribution in [1.82, 2.24) is 14.8 Å². The van der Waals surface area contributed by atoms with Gasteiger partial charge in [0.1, 0.15) is 0 Å². The van der Waals surface area contributed by atoms with Crippen LogP contribution in [0.3, 0.4) is 0 Å². The number of aliphatic imine (C=N–C) groups is 1. The minimum Gasteiger partial charge on any atom is -0.450 e. The van der Waals surface area contributed by atoms with E-state index in [-0.39, 0.29) is 36.1 Å². The molecule has 0 radical (unpaired) electrons. The highest BCUT2D eigenvalue weighted by atomic mass is 127. The molecule has 1 aliphatic rings. The molecule has 0 unspecified atom stereocenters. The first kappa shape index (κ1) is 22.3.